The van der Waals surface area contributed by atoms with Gasteiger partial charge in [-0.05, 0) is 55.4 Å². The van der Waals surface area contributed by atoms with Crippen molar-refractivity contribution in [3.05, 3.63) is 37.4 Å². The van der Waals surface area contributed by atoms with Crippen LogP contribution >= 0.6 is 0 Å². The van der Waals surface area contributed by atoms with Crippen LogP contribution in [0.1, 0.15) is 56.1 Å². The van der Waals surface area contributed by atoms with Crippen LogP contribution in [0.3, 0.4) is 0 Å². The summed E-state index contributed by atoms with van der Waals surface area (Å²) in [6.45, 7) is 2.03. The number of nitro groups is 2. The van der Waals surface area contributed by atoms with Gasteiger partial charge in [0.15, 0.2) is 0 Å². The molecule has 2 saturated carbocycles. The van der Waals surface area contributed by atoms with Crippen LogP contribution in [0.4, 0.5) is 11.4 Å². The highest BCUT2D eigenvalue weighted by atomic mass is 16.6. The molecule has 8 heteroatoms. The molecule has 4 rings (SSSR count). The molecular weight excluding hydrogens is 340 g/mol. The molecule has 0 spiro atoms. The zero-order valence-electron chi connectivity index (χ0n) is 14.4. The maximum atomic E-state index is 12.4. The van der Waals surface area contributed by atoms with Crippen molar-refractivity contribution in [3.8, 4) is 5.75 Å². The van der Waals surface area contributed by atoms with Crippen LogP contribution in [0.2, 0.25) is 0 Å². The Labute approximate surface area is 149 Å². The van der Waals surface area contributed by atoms with E-state index in [4.69, 9.17) is 0 Å². The molecule has 26 heavy (non-hydrogen) atoms. The SMILES string of the molecule is C[C@]12CC[C@@H]3c4cc([N+](=O)[O-])c(O)c([N+](=O)[O-])c4CC[C@H]3[C@H]1CCC2=O. The van der Waals surface area contributed by atoms with Crippen LogP contribution in [0.5, 0.6) is 5.75 Å². The van der Waals surface area contributed by atoms with Crippen LogP contribution in [0.25, 0.3) is 0 Å². The molecule has 3 aliphatic rings. The quantitative estimate of drug-likeness (QED) is 0.634. The number of fused-ring (bicyclic) bond motifs is 5. The highest BCUT2D eigenvalue weighted by Crippen LogP contribution is 2.61. The number of phenols is 1. The van der Waals surface area contributed by atoms with Crippen molar-refractivity contribution < 1.29 is 19.7 Å². The molecule has 0 radical (unpaired) electrons. The summed E-state index contributed by atoms with van der Waals surface area (Å²) in [6.07, 6.45) is 3.92. The topological polar surface area (TPSA) is 124 Å². The van der Waals surface area contributed by atoms with Crippen LogP contribution in [-0.2, 0) is 11.2 Å². The highest BCUT2D eigenvalue weighted by molar-refractivity contribution is 5.87. The highest BCUT2D eigenvalue weighted by Gasteiger charge is 2.55. The normalized spacial score (nSPS) is 32.5. The Hall–Kier alpha value is -2.51. The summed E-state index contributed by atoms with van der Waals surface area (Å²) in [7, 11) is 0. The first kappa shape index (κ1) is 16.9. The maximum Gasteiger partial charge on any atom is 0.321 e. The first-order chi connectivity index (χ1) is 12.3. The molecule has 138 valence electrons. The molecule has 0 aliphatic heterocycles. The van der Waals surface area contributed by atoms with E-state index in [1.165, 1.54) is 6.07 Å². The predicted molar refractivity (Wildman–Crippen MR) is 91.0 cm³/mol. The zero-order chi connectivity index (χ0) is 18.8. The third-order valence-corrected chi connectivity index (χ3v) is 7.05. The van der Waals surface area contributed by atoms with E-state index in [-0.39, 0.29) is 23.2 Å². The number of carbonyl (C=O) groups is 1. The second kappa shape index (κ2) is 5.49. The molecule has 0 amide bonds. The van der Waals surface area contributed by atoms with Crippen molar-refractivity contribution in [3.63, 3.8) is 0 Å². The van der Waals surface area contributed by atoms with Gasteiger partial charge in [-0.3, -0.25) is 25.0 Å². The lowest BCUT2D eigenvalue weighted by molar-refractivity contribution is -0.396. The van der Waals surface area contributed by atoms with Gasteiger partial charge < -0.3 is 5.11 Å². The fourth-order valence-electron chi connectivity index (χ4n) is 5.79. The summed E-state index contributed by atoms with van der Waals surface area (Å²) in [5.74, 6) is -0.144. The van der Waals surface area contributed by atoms with E-state index in [1.807, 2.05) is 6.92 Å². The molecule has 0 heterocycles. The Morgan fingerprint density at radius 2 is 1.88 bits per heavy atom. The molecule has 0 bridgehead atoms. The predicted octanol–water partition coefficient (Wildman–Crippen LogP) is 3.63. The number of phenolic OH excluding ortho intramolecular Hbond substituents is 1. The minimum atomic E-state index is -0.853. The Morgan fingerprint density at radius 3 is 2.54 bits per heavy atom. The van der Waals surface area contributed by atoms with Crippen molar-refractivity contribution in [2.75, 3.05) is 0 Å². The Bertz CT molecular complexity index is 851. The second-order valence-electron chi connectivity index (χ2n) is 8.01. The number of ketones is 1. The molecule has 8 nitrogen and oxygen atoms in total. The van der Waals surface area contributed by atoms with Gasteiger partial charge in [0.1, 0.15) is 5.78 Å². The number of hydrogen-bond acceptors (Lipinski definition) is 6. The number of benzene rings is 1. The Morgan fingerprint density at radius 1 is 1.15 bits per heavy atom. The van der Waals surface area contributed by atoms with Crippen molar-refractivity contribution >= 4 is 17.2 Å². The number of nitrogens with zero attached hydrogens (tertiary/aromatic N) is 2. The standard InChI is InChI=1S/C18H20N2O6/c1-18-7-6-9-10(13(18)4-5-15(18)21)2-3-11-12(9)8-14(19(23)24)17(22)16(11)20(25)26/h8-10,13,22H,2-7H2,1H3/t9-,10+,13+,18-/m0/s1. The average molecular weight is 360 g/mol. The number of carbonyl (C=O) groups excluding carboxylic acids is 1. The van der Waals surface area contributed by atoms with Gasteiger partial charge in [-0.25, -0.2) is 0 Å². The Balaban J connectivity index is 1.85. The summed E-state index contributed by atoms with van der Waals surface area (Å²) in [5.41, 5.74) is -0.408. The van der Waals surface area contributed by atoms with Gasteiger partial charge >= 0.3 is 11.4 Å². The molecule has 1 aromatic carbocycles. The lowest BCUT2D eigenvalue weighted by atomic mass is 9.55. The van der Waals surface area contributed by atoms with Crippen LogP contribution in [-0.4, -0.2) is 20.7 Å². The first-order valence-electron chi connectivity index (χ1n) is 8.96. The maximum absolute atomic E-state index is 12.4. The molecule has 4 atom stereocenters. The van der Waals surface area contributed by atoms with Crippen molar-refractivity contribution in [2.24, 2.45) is 17.3 Å². The number of nitro benzene ring substituents is 2. The monoisotopic (exact) mass is 360 g/mol. The minimum absolute atomic E-state index is 0.0271. The van der Waals surface area contributed by atoms with Crippen molar-refractivity contribution in [1.82, 2.24) is 0 Å². The summed E-state index contributed by atoms with van der Waals surface area (Å²) in [6, 6.07) is 1.33. The number of Topliss-reactive ketones (excluding diaryl/α,β-unsaturated/α-hetero) is 1. The van der Waals surface area contributed by atoms with E-state index >= 15 is 0 Å². The van der Waals surface area contributed by atoms with Gasteiger partial charge in [-0.2, -0.15) is 0 Å². The van der Waals surface area contributed by atoms with E-state index in [0.29, 0.717) is 49.0 Å². The second-order valence-corrected chi connectivity index (χ2v) is 8.01. The van der Waals surface area contributed by atoms with E-state index in [9.17, 15) is 30.1 Å². The fraction of sp³-hybridized carbons (Fsp3) is 0.611. The van der Waals surface area contributed by atoms with Crippen LogP contribution in [0.15, 0.2) is 6.07 Å². The summed E-state index contributed by atoms with van der Waals surface area (Å²) in [5, 5.41) is 32.9. The minimum Gasteiger partial charge on any atom is -0.497 e. The summed E-state index contributed by atoms with van der Waals surface area (Å²) in [4.78, 5) is 33.7. The molecule has 3 aliphatic carbocycles. The van der Waals surface area contributed by atoms with Gasteiger partial charge in [-0.1, -0.05) is 6.92 Å². The molecule has 0 unspecified atom stereocenters. The first-order valence-corrected chi connectivity index (χ1v) is 8.96. The van der Waals surface area contributed by atoms with E-state index in [0.717, 1.165) is 6.42 Å². The zero-order valence-corrected chi connectivity index (χ0v) is 14.4. The number of rotatable bonds is 2. The largest absolute Gasteiger partial charge is 0.497 e. The molecule has 2 fully saturated rings. The van der Waals surface area contributed by atoms with Crippen LogP contribution in [0, 0.1) is 37.5 Å². The number of aromatic hydroxyl groups is 1. The molecular formula is C18H20N2O6. The molecule has 1 N–H and O–H groups in total. The molecule has 0 saturated heterocycles. The van der Waals surface area contributed by atoms with Gasteiger partial charge in [-0.15, -0.1) is 0 Å². The summed E-state index contributed by atoms with van der Waals surface area (Å²) >= 11 is 0. The molecule has 0 aromatic heterocycles. The van der Waals surface area contributed by atoms with E-state index in [1.54, 1.807) is 0 Å². The third-order valence-electron chi connectivity index (χ3n) is 7.05. The lowest BCUT2D eigenvalue weighted by Gasteiger charge is -2.48. The van der Waals surface area contributed by atoms with Gasteiger partial charge in [0, 0.05) is 23.5 Å². The Kier molecular flexibility index (Phi) is 3.58. The molecule has 1 aromatic rings. The third kappa shape index (κ3) is 2.10. The van der Waals surface area contributed by atoms with Gasteiger partial charge in [0.2, 0.25) is 0 Å². The van der Waals surface area contributed by atoms with Gasteiger partial charge in [0.05, 0.1) is 9.85 Å². The summed E-state index contributed by atoms with van der Waals surface area (Å²) < 4.78 is 0. The van der Waals surface area contributed by atoms with Crippen molar-refractivity contribution in [1.29, 1.82) is 0 Å². The number of hydrogen-bond donors (Lipinski definition) is 1. The van der Waals surface area contributed by atoms with E-state index < -0.39 is 27.0 Å². The van der Waals surface area contributed by atoms with Crippen LogP contribution < -0.4 is 0 Å². The van der Waals surface area contributed by atoms with Gasteiger partial charge in [0.25, 0.3) is 5.75 Å². The fourth-order valence-corrected chi connectivity index (χ4v) is 5.79. The van der Waals surface area contributed by atoms with E-state index in [2.05, 4.69) is 0 Å². The smallest absolute Gasteiger partial charge is 0.321 e. The van der Waals surface area contributed by atoms with Crippen molar-refractivity contribution in [2.45, 2.75) is 51.4 Å². The average Bonchev–Trinajstić information content (AvgIpc) is 2.88. The lowest BCUT2D eigenvalue weighted by Crippen LogP contribution is -2.42.